The predicted octanol–water partition coefficient (Wildman–Crippen LogP) is 2.69. The lowest BCUT2D eigenvalue weighted by molar-refractivity contribution is -0.138. The molecule has 1 aliphatic heterocycles. The summed E-state index contributed by atoms with van der Waals surface area (Å²) in [6.45, 7) is 2.04. The summed E-state index contributed by atoms with van der Waals surface area (Å²) in [5.74, 6) is -0.718. The van der Waals surface area contributed by atoms with Crippen LogP contribution in [-0.2, 0) is 4.79 Å². The summed E-state index contributed by atoms with van der Waals surface area (Å²) in [6, 6.07) is 10.0. The molecule has 0 aromatic heterocycles. The first kappa shape index (κ1) is 12.1. The largest absolute Gasteiger partial charge is 0.481 e. The molecule has 0 spiro atoms. The van der Waals surface area contributed by atoms with Crippen molar-refractivity contribution >= 4 is 5.97 Å². The average Bonchev–Trinajstić information content (AvgIpc) is 2.38. The Morgan fingerprint density at radius 1 is 1.18 bits per heavy atom. The minimum Gasteiger partial charge on any atom is -0.481 e. The molecule has 3 nitrogen and oxygen atoms in total. The Morgan fingerprint density at radius 2 is 1.82 bits per heavy atom. The van der Waals surface area contributed by atoms with E-state index in [9.17, 15) is 4.79 Å². The Labute approximate surface area is 102 Å². The van der Waals surface area contributed by atoms with E-state index in [-0.39, 0.29) is 12.5 Å². The third-order valence-electron chi connectivity index (χ3n) is 3.38. The molecule has 17 heavy (non-hydrogen) atoms. The van der Waals surface area contributed by atoms with Crippen LogP contribution in [0.15, 0.2) is 30.3 Å². The lowest BCUT2D eigenvalue weighted by Crippen LogP contribution is -2.34. The van der Waals surface area contributed by atoms with Gasteiger partial charge in [-0.25, -0.2) is 0 Å². The minimum absolute atomic E-state index is 0.0361. The zero-order valence-electron chi connectivity index (χ0n) is 10.0. The second-order valence-corrected chi connectivity index (χ2v) is 4.62. The summed E-state index contributed by atoms with van der Waals surface area (Å²) in [4.78, 5) is 13.3. The maximum atomic E-state index is 11.0. The molecule has 2 rings (SSSR count). The first-order valence-corrected chi connectivity index (χ1v) is 6.28. The molecule has 0 radical (unpaired) electrons. The fraction of sp³-hybridized carbons (Fsp3) is 0.500. The van der Waals surface area contributed by atoms with Gasteiger partial charge in [0.1, 0.15) is 0 Å². The number of nitrogens with zero attached hydrogens (tertiary/aromatic N) is 1. The van der Waals surface area contributed by atoms with Crippen LogP contribution in [-0.4, -0.2) is 29.1 Å². The zero-order chi connectivity index (χ0) is 12.1. The van der Waals surface area contributed by atoms with Crippen molar-refractivity contribution < 1.29 is 9.90 Å². The average molecular weight is 233 g/mol. The van der Waals surface area contributed by atoms with E-state index in [0.29, 0.717) is 0 Å². The molecule has 0 bridgehead atoms. The Balaban J connectivity index is 2.15. The molecular weight excluding hydrogens is 214 g/mol. The number of benzene rings is 1. The van der Waals surface area contributed by atoms with Gasteiger partial charge in [0.05, 0.1) is 6.42 Å². The quantitative estimate of drug-likeness (QED) is 0.869. The van der Waals surface area contributed by atoms with E-state index in [2.05, 4.69) is 4.90 Å². The standard InChI is InChI=1S/C14H19NO2/c16-14(17)11-13(12-7-3-1-4-8-12)15-9-5-2-6-10-15/h1,3-4,7-8,13H,2,5-6,9-11H2,(H,16,17)/t13-/m1/s1. The van der Waals surface area contributed by atoms with Crippen molar-refractivity contribution in [2.45, 2.75) is 31.7 Å². The highest BCUT2D eigenvalue weighted by Crippen LogP contribution is 2.27. The fourth-order valence-electron chi connectivity index (χ4n) is 2.53. The van der Waals surface area contributed by atoms with E-state index in [4.69, 9.17) is 5.11 Å². The van der Waals surface area contributed by atoms with Gasteiger partial charge in [-0.2, -0.15) is 0 Å². The Kier molecular flexibility index (Phi) is 4.15. The maximum absolute atomic E-state index is 11.0. The van der Waals surface area contributed by atoms with Crippen molar-refractivity contribution in [3.63, 3.8) is 0 Å². The van der Waals surface area contributed by atoms with Crippen LogP contribution in [0.3, 0.4) is 0 Å². The van der Waals surface area contributed by atoms with E-state index in [1.54, 1.807) is 0 Å². The van der Waals surface area contributed by atoms with Gasteiger partial charge >= 0.3 is 5.97 Å². The van der Waals surface area contributed by atoms with Crippen molar-refractivity contribution in [3.05, 3.63) is 35.9 Å². The molecule has 1 aromatic carbocycles. The van der Waals surface area contributed by atoms with Crippen molar-refractivity contribution in [1.29, 1.82) is 0 Å². The summed E-state index contributed by atoms with van der Waals surface area (Å²) in [5, 5.41) is 9.05. The zero-order valence-corrected chi connectivity index (χ0v) is 10.0. The molecule has 0 amide bonds. The molecule has 0 unspecified atom stereocenters. The number of hydrogen-bond donors (Lipinski definition) is 1. The number of hydrogen-bond acceptors (Lipinski definition) is 2. The highest BCUT2D eigenvalue weighted by atomic mass is 16.4. The number of carbonyl (C=O) groups is 1. The first-order chi connectivity index (χ1) is 8.27. The van der Waals surface area contributed by atoms with E-state index in [1.807, 2.05) is 30.3 Å². The van der Waals surface area contributed by atoms with Crippen LogP contribution in [0.4, 0.5) is 0 Å². The van der Waals surface area contributed by atoms with E-state index in [1.165, 1.54) is 19.3 Å². The van der Waals surface area contributed by atoms with Crippen LogP contribution < -0.4 is 0 Å². The number of likely N-dealkylation sites (tertiary alicyclic amines) is 1. The third-order valence-corrected chi connectivity index (χ3v) is 3.38. The normalized spacial score (nSPS) is 18.8. The first-order valence-electron chi connectivity index (χ1n) is 6.28. The third kappa shape index (κ3) is 3.30. The van der Waals surface area contributed by atoms with E-state index < -0.39 is 5.97 Å². The van der Waals surface area contributed by atoms with Gasteiger partial charge in [-0.05, 0) is 31.5 Å². The molecule has 1 heterocycles. The van der Waals surface area contributed by atoms with Gasteiger partial charge in [0.2, 0.25) is 0 Å². The number of aliphatic carboxylic acids is 1. The number of carboxylic acids is 1. The minimum atomic E-state index is -0.718. The molecular formula is C14H19NO2. The van der Waals surface area contributed by atoms with Crippen molar-refractivity contribution in [2.24, 2.45) is 0 Å². The summed E-state index contributed by atoms with van der Waals surface area (Å²) < 4.78 is 0. The molecule has 3 heteroatoms. The summed E-state index contributed by atoms with van der Waals surface area (Å²) in [6.07, 6.45) is 3.83. The summed E-state index contributed by atoms with van der Waals surface area (Å²) in [5.41, 5.74) is 1.12. The van der Waals surface area contributed by atoms with Gasteiger partial charge in [-0.3, -0.25) is 9.69 Å². The predicted molar refractivity (Wildman–Crippen MR) is 66.9 cm³/mol. The van der Waals surface area contributed by atoms with Gasteiger partial charge < -0.3 is 5.11 Å². The number of piperidine rings is 1. The summed E-state index contributed by atoms with van der Waals surface area (Å²) in [7, 11) is 0. The Hall–Kier alpha value is -1.35. The lowest BCUT2D eigenvalue weighted by Gasteiger charge is -2.34. The molecule has 1 saturated heterocycles. The van der Waals surface area contributed by atoms with E-state index in [0.717, 1.165) is 18.7 Å². The van der Waals surface area contributed by atoms with Gasteiger partial charge in [0.25, 0.3) is 0 Å². The van der Waals surface area contributed by atoms with Crippen LogP contribution in [0.1, 0.15) is 37.3 Å². The maximum Gasteiger partial charge on any atom is 0.305 e. The van der Waals surface area contributed by atoms with Crippen LogP contribution >= 0.6 is 0 Å². The SMILES string of the molecule is O=C(O)C[C@H](c1ccccc1)N1CCCCC1. The van der Waals surface area contributed by atoms with Crippen molar-refractivity contribution in [2.75, 3.05) is 13.1 Å². The second kappa shape index (κ2) is 5.82. The molecule has 92 valence electrons. The molecule has 0 saturated carbocycles. The molecule has 1 N–H and O–H groups in total. The highest BCUT2D eigenvalue weighted by molar-refractivity contribution is 5.67. The Bertz CT molecular complexity index is 358. The fourth-order valence-corrected chi connectivity index (χ4v) is 2.53. The lowest BCUT2D eigenvalue weighted by atomic mass is 9.99. The molecule has 1 atom stereocenters. The Morgan fingerprint density at radius 3 is 2.41 bits per heavy atom. The van der Waals surface area contributed by atoms with Crippen LogP contribution in [0.2, 0.25) is 0 Å². The smallest absolute Gasteiger partial charge is 0.305 e. The molecule has 1 aliphatic rings. The molecule has 0 aliphatic carbocycles. The van der Waals surface area contributed by atoms with Crippen molar-refractivity contribution in [3.8, 4) is 0 Å². The van der Waals surface area contributed by atoms with Gasteiger partial charge in [-0.1, -0.05) is 36.8 Å². The molecule has 1 aromatic rings. The number of rotatable bonds is 4. The van der Waals surface area contributed by atoms with Crippen LogP contribution in [0.5, 0.6) is 0 Å². The van der Waals surface area contributed by atoms with Crippen molar-refractivity contribution in [1.82, 2.24) is 4.90 Å². The van der Waals surface area contributed by atoms with Crippen LogP contribution in [0.25, 0.3) is 0 Å². The highest BCUT2D eigenvalue weighted by Gasteiger charge is 2.24. The molecule has 1 fully saturated rings. The second-order valence-electron chi connectivity index (χ2n) is 4.62. The number of carboxylic acid groups (broad SMARTS) is 1. The monoisotopic (exact) mass is 233 g/mol. The van der Waals surface area contributed by atoms with E-state index >= 15 is 0 Å². The van der Waals surface area contributed by atoms with Gasteiger partial charge in [-0.15, -0.1) is 0 Å². The summed E-state index contributed by atoms with van der Waals surface area (Å²) >= 11 is 0. The topological polar surface area (TPSA) is 40.5 Å². The van der Waals surface area contributed by atoms with Crippen LogP contribution in [0, 0.1) is 0 Å². The van der Waals surface area contributed by atoms with Gasteiger partial charge in [0.15, 0.2) is 0 Å². The van der Waals surface area contributed by atoms with Gasteiger partial charge in [0, 0.05) is 6.04 Å².